The van der Waals surface area contributed by atoms with Crippen LogP contribution in [-0.4, -0.2) is 30.4 Å². The Labute approximate surface area is 174 Å². The van der Waals surface area contributed by atoms with Crippen LogP contribution in [0.15, 0.2) is 54.6 Å². The summed E-state index contributed by atoms with van der Waals surface area (Å²) in [4.78, 5) is 27.7. The number of ether oxygens (including phenoxy) is 1. The van der Waals surface area contributed by atoms with Crippen molar-refractivity contribution in [3.8, 4) is 5.75 Å². The summed E-state index contributed by atoms with van der Waals surface area (Å²) in [6.45, 7) is 4.93. The number of benzene rings is 2. The average molecular weight is 397 g/mol. The molecule has 0 bridgehead atoms. The molecule has 0 aliphatic rings. The first-order chi connectivity index (χ1) is 14.1. The predicted molar refractivity (Wildman–Crippen MR) is 116 cm³/mol. The Bertz CT molecular complexity index is 759. The maximum atomic E-state index is 13.1. The normalized spacial score (nSPS) is 11.6. The maximum absolute atomic E-state index is 13.1. The average Bonchev–Trinajstić information content (AvgIpc) is 2.77. The zero-order chi connectivity index (χ0) is 21.1. The van der Waals surface area contributed by atoms with Crippen LogP contribution in [0, 0.1) is 0 Å². The van der Waals surface area contributed by atoms with Crippen molar-refractivity contribution >= 4 is 11.8 Å². The van der Waals surface area contributed by atoms with E-state index in [4.69, 9.17) is 4.74 Å². The standard InChI is InChI=1S/C24H32N2O3/c1-4-6-10-17-25-24(28)23(20-11-8-7-9-12-20)26(22(27)5-2)18-19-13-15-21(29-3)16-14-19/h7-9,11-16,23H,4-6,10,17-18H2,1-3H3,(H,25,28). The number of carbonyl (C=O) groups is 2. The highest BCUT2D eigenvalue weighted by Gasteiger charge is 2.30. The van der Waals surface area contributed by atoms with Crippen LogP contribution in [0.2, 0.25) is 0 Å². The molecule has 0 aromatic heterocycles. The van der Waals surface area contributed by atoms with Gasteiger partial charge in [0, 0.05) is 19.5 Å². The molecule has 1 N–H and O–H groups in total. The van der Waals surface area contributed by atoms with Crippen LogP contribution in [0.5, 0.6) is 5.75 Å². The Morgan fingerprint density at radius 3 is 2.28 bits per heavy atom. The first-order valence-electron chi connectivity index (χ1n) is 10.4. The summed E-state index contributed by atoms with van der Waals surface area (Å²) in [6.07, 6.45) is 3.43. The van der Waals surface area contributed by atoms with Crippen LogP contribution >= 0.6 is 0 Å². The van der Waals surface area contributed by atoms with E-state index in [2.05, 4.69) is 12.2 Å². The van der Waals surface area contributed by atoms with Crippen molar-refractivity contribution in [3.05, 3.63) is 65.7 Å². The van der Waals surface area contributed by atoms with Crippen LogP contribution in [0.25, 0.3) is 0 Å². The lowest BCUT2D eigenvalue weighted by atomic mass is 10.0. The van der Waals surface area contributed by atoms with E-state index in [1.807, 2.05) is 61.5 Å². The topological polar surface area (TPSA) is 58.6 Å². The second kappa shape index (κ2) is 11.9. The van der Waals surface area contributed by atoms with Crippen LogP contribution in [-0.2, 0) is 16.1 Å². The Kier molecular flexibility index (Phi) is 9.22. The minimum absolute atomic E-state index is 0.0571. The van der Waals surface area contributed by atoms with Gasteiger partial charge in [-0.1, -0.05) is 69.2 Å². The molecule has 0 aliphatic carbocycles. The summed E-state index contributed by atoms with van der Waals surface area (Å²) in [5.74, 6) is 0.566. The maximum Gasteiger partial charge on any atom is 0.247 e. The molecule has 2 amide bonds. The molecule has 5 nitrogen and oxygen atoms in total. The first kappa shape index (κ1) is 22.5. The summed E-state index contributed by atoms with van der Waals surface area (Å²) < 4.78 is 5.22. The molecular formula is C24H32N2O3. The molecule has 2 aromatic carbocycles. The zero-order valence-corrected chi connectivity index (χ0v) is 17.7. The fraction of sp³-hybridized carbons (Fsp3) is 0.417. The van der Waals surface area contributed by atoms with Gasteiger partial charge in [0.1, 0.15) is 11.8 Å². The number of rotatable bonds is 11. The number of amides is 2. The van der Waals surface area contributed by atoms with E-state index in [0.717, 1.165) is 36.1 Å². The van der Waals surface area contributed by atoms with E-state index in [-0.39, 0.29) is 11.8 Å². The first-order valence-corrected chi connectivity index (χ1v) is 10.4. The number of hydrogen-bond donors (Lipinski definition) is 1. The molecule has 0 saturated heterocycles. The zero-order valence-electron chi connectivity index (χ0n) is 17.7. The third-order valence-corrected chi connectivity index (χ3v) is 4.89. The van der Waals surface area contributed by atoms with E-state index in [9.17, 15) is 9.59 Å². The van der Waals surface area contributed by atoms with Gasteiger partial charge in [0.15, 0.2) is 0 Å². The molecule has 156 valence electrons. The van der Waals surface area contributed by atoms with Crippen LogP contribution in [0.4, 0.5) is 0 Å². The van der Waals surface area contributed by atoms with Gasteiger partial charge in [-0.3, -0.25) is 9.59 Å². The summed E-state index contributed by atoms with van der Waals surface area (Å²) in [5, 5.41) is 3.03. The van der Waals surface area contributed by atoms with Crippen molar-refractivity contribution < 1.29 is 14.3 Å². The molecule has 2 rings (SSSR count). The Morgan fingerprint density at radius 2 is 1.69 bits per heavy atom. The smallest absolute Gasteiger partial charge is 0.247 e. The number of hydrogen-bond acceptors (Lipinski definition) is 3. The number of carbonyl (C=O) groups excluding carboxylic acids is 2. The molecule has 0 fully saturated rings. The van der Waals surface area contributed by atoms with E-state index in [1.54, 1.807) is 12.0 Å². The van der Waals surface area contributed by atoms with Crippen molar-refractivity contribution in [2.75, 3.05) is 13.7 Å². The highest BCUT2D eigenvalue weighted by Crippen LogP contribution is 2.25. The lowest BCUT2D eigenvalue weighted by Crippen LogP contribution is -2.43. The van der Waals surface area contributed by atoms with Crippen molar-refractivity contribution in [2.45, 2.75) is 52.1 Å². The predicted octanol–water partition coefficient (Wildman–Crippen LogP) is 4.48. The second-order valence-electron chi connectivity index (χ2n) is 7.03. The Hall–Kier alpha value is -2.82. The molecule has 29 heavy (non-hydrogen) atoms. The molecule has 1 unspecified atom stereocenters. The number of nitrogens with zero attached hydrogens (tertiary/aromatic N) is 1. The van der Waals surface area contributed by atoms with Crippen molar-refractivity contribution in [2.24, 2.45) is 0 Å². The van der Waals surface area contributed by atoms with E-state index >= 15 is 0 Å². The number of unbranched alkanes of at least 4 members (excludes halogenated alkanes) is 2. The highest BCUT2D eigenvalue weighted by atomic mass is 16.5. The molecule has 0 heterocycles. The fourth-order valence-corrected chi connectivity index (χ4v) is 3.25. The van der Waals surface area contributed by atoms with E-state index < -0.39 is 6.04 Å². The molecule has 0 radical (unpaired) electrons. The summed E-state index contributed by atoms with van der Waals surface area (Å²) in [6, 6.07) is 16.4. The van der Waals surface area contributed by atoms with Gasteiger partial charge < -0.3 is 15.0 Å². The summed E-state index contributed by atoms with van der Waals surface area (Å²) in [7, 11) is 1.62. The largest absolute Gasteiger partial charge is 0.497 e. The van der Waals surface area contributed by atoms with Gasteiger partial charge >= 0.3 is 0 Å². The third kappa shape index (κ3) is 6.63. The molecule has 2 aromatic rings. The molecular weight excluding hydrogens is 364 g/mol. The molecule has 5 heteroatoms. The van der Waals surface area contributed by atoms with Crippen LogP contribution < -0.4 is 10.1 Å². The minimum atomic E-state index is -0.660. The SMILES string of the molecule is CCCCCNC(=O)C(c1ccccc1)N(Cc1ccc(OC)cc1)C(=O)CC. The molecule has 1 atom stereocenters. The van der Waals surface area contributed by atoms with Gasteiger partial charge in [0.2, 0.25) is 11.8 Å². The van der Waals surface area contributed by atoms with Gasteiger partial charge in [0.05, 0.1) is 7.11 Å². The number of methoxy groups -OCH3 is 1. The molecule has 0 spiro atoms. The van der Waals surface area contributed by atoms with Gasteiger partial charge in [-0.15, -0.1) is 0 Å². The molecule has 0 aliphatic heterocycles. The second-order valence-corrected chi connectivity index (χ2v) is 7.03. The van der Waals surface area contributed by atoms with Gasteiger partial charge in [0.25, 0.3) is 0 Å². The van der Waals surface area contributed by atoms with Crippen LogP contribution in [0.3, 0.4) is 0 Å². The van der Waals surface area contributed by atoms with E-state index in [1.165, 1.54) is 0 Å². The van der Waals surface area contributed by atoms with Crippen molar-refractivity contribution in [1.82, 2.24) is 10.2 Å². The lowest BCUT2D eigenvalue weighted by Gasteiger charge is -2.31. The minimum Gasteiger partial charge on any atom is -0.497 e. The highest BCUT2D eigenvalue weighted by molar-refractivity contribution is 5.88. The monoisotopic (exact) mass is 396 g/mol. The third-order valence-electron chi connectivity index (χ3n) is 4.89. The van der Waals surface area contributed by atoms with Gasteiger partial charge in [-0.25, -0.2) is 0 Å². The Balaban J connectivity index is 2.30. The summed E-state index contributed by atoms with van der Waals surface area (Å²) in [5.41, 5.74) is 1.77. The van der Waals surface area contributed by atoms with Crippen molar-refractivity contribution in [1.29, 1.82) is 0 Å². The quantitative estimate of drug-likeness (QED) is 0.570. The van der Waals surface area contributed by atoms with Gasteiger partial charge in [-0.05, 0) is 29.7 Å². The van der Waals surface area contributed by atoms with E-state index in [0.29, 0.717) is 19.5 Å². The van der Waals surface area contributed by atoms with Gasteiger partial charge in [-0.2, -0.15) is 0 Å². The number of nitrogens with one attached hydrogen (secondary N) is 1. The van der Waals surface area contributed by atoms with Crippen molar-refractivity contribution in [3.63, 3.8) is 0 Å². The Morgan fingerprint density at radius 1 is 1.00 bits per heavy atom. The lowest BCUT2D eigenvalue weighted by molar-refractivity contribution is -0.141. The van der Waals surface area contributed by atoms with Crippen LogP contribution in [0.1, 0.15) is 56.7 Å². The summed E-state index contributed by atoms with van der Waals surface area (Å²) >= 11 is 0. The molecule has 0 saturated carbocycles. The fourth-order valence-electron chi connectivity index (χ4n) is 3.25.